The number of aryl methyl sites for hydroxylation is 2. The van der Waals surface area contributed by atoms with Gasteiger partial charge >= 0.3 is 6.03 Å². The number of anilines is 2. The molecule has 2 aromatic carbocycles. The molecular weight excluding hydrogens is 346 g/mol. The summed E-state index contributed by atoms with van der Waals surface area (Å²) < 4.78 is 0. The molecule has 2 N–H and O–H groups in total. The highest BCUT2D eigenvalue weighted by atomic mass is 16.2. The molecule has 1 fully saturated rings. The summed E-state index contributed by atoms with van der Waals surface area (Å²) in [5, 5.41) is 7.05. The average molecular weight is 378 g/mol. The highest BCUT2D eigenvalue weighted by Gasteiger charge is 2.39. The Bertz CT molecular complexity index is 823. The van der Waals surface area contributed by atoms with Gasteiger partial charge in [-0.25, -0.2) is 4.79 Å². The molecule has 4 nitrogen and oxygen atoms in total. The maximum Gasteiger partial charge on any atom is 0.326 e. The molecule has 0 spiro atoms. The molecule has 1 saturated heterocycles. The van der Waals surface area contributed by atoms with Crippen LogP contribution in [0.4, 0.5) is 16.2 Å². The van der Waals surface area contributed by atoms with Crippen LogP contribution in [-0.2, 0) is 12.8 Å². The van der Waals surface area contributed by atoms with Gasteiger partial charge in [0.15, 0.2) is 0 Å². The Hall–Kier alpha value is -2.33. The quantitative estimate of drug-likeness (QED) is 0.739. The third kappa shape index (κ3) is 3.79. The normalized spacial score (nSPS) is 20.6. The molecule has 2 amide bonds. The first-order chi connectivity index (χ1) is 13.2. The number of hydrogen-bond acceptors (Lipinski definition) is 2. The standard InChI is InChI=1S/C24H31N3O/c1-23(2)15-19(16-24(3,4)26-23)25-22(28)27-20-11-7-5-9-17(20)13-14-18-10-6-8-12-21(18)27/h5-12,19,26H,13-16H2,1-4H3,(H,25,28). The Labute approximate surface area is 168 Å². The summed E-state index contributed by atoms with van der Waals surface area (Å²) in [4.78, 5) is 15.4. The molecule has 4 heteroatoms. The van der Waals surface area contributed by atoms with Crippen molar-refractivity contribution < 1.29 is 4.79 Å². The number of benzene rings is 2. The molecule has 0 aromatic heterocycles. The molecule has 28 heavy (non-hydrogen) atoms. The van der Waals surface area contributed by atoms with Crippen molar-refractivity contribution in [3.63, 3.8) is 0 Å². The molecule has 2 aliphatic heterocycles. The summed E-state index contributed by atoms with van der Waals surface area (Å²) in [5.74, 6) is 0. The molecule has 0 unspecified atom stereocenters. The summed E-state index contributed by atoms with van der Waals surface area (Å²) in [5.41, 5.74) is 4.43. The summed E-state index contributed by atoms with van der Waals surface area (Å²) in [7, 11) is 0. The number of carbonyl (C=O) groups is 1. The van der Waals surface area contributed by atoms with Gasteiger partial charge in [-0.1, -0.05) is 36.4 Å². The number of urea groups is 1. The maximum atomic E-state index is 13.6. The van der Waals surface area contributed by atoms with Crippen LogP contribution in [0.3, 0.4) is 0 Å². The van der Waals surface area contributed by atoms with E-state index in [1.54, 1.807) is 0 Å². The summed E-state index contributed by atoms with van der Waals surface area (Å²) >= 11 is 0. The number of rotatable bonds is 1. The predicted octanol–water partition coefficient (Wildman–Crippen LogP) is 4.94. The van der Waals surface area contributed by atoms with Crippen LogP contribution in [0.5, 0.6) is 0 Å². The van der Waals surface area contributed by atoms with Crippen LogP contribution in [0.15, 0.2) is 48.5 Å². The number of para-hydroxylation sites is 2. The SMILES string of the molecule is CC1(C)CC(NC(=O)N2c3ccccc3CCc3ccccc32)CC(C)(C)N1. The van der Waals surface area contributed by atoms with Crippen LogP contribution < -0.4 is 15.5 Å². The number of amides is 2. The lowest BCUT2D eigenvalue weighted by Crippen LogP contribution is -2.62. The van der Waals surface area contributed by atoms with Crippen molar-refractivity contribution >= 4 is 17.4 Å². The van der Waals surface area contributed by atoms with Gasteiger partial charge in [-0.3, -0.25) is 4.90 Å². The first-order valence-electron chi connectivity index (χ1n) is 10.3. The Kier molecular flexibility index (Phi) is 4.70. The van der Waals surface area contributed by atoms with E-state index in [1.165, 1.54) is 11.1 Å². The fourth-order valence-electron chi connectivity index (χ4n) is 5.16. The molecule has 0 radical (unpaired) electrons. The molecule has 2 heterocycles. The fraction of sp³-hybridized carbons (Fsp3) is 0.458. The molecule has 2 aliphatic rings. The average Bonchev–Trinajstić information content (AvgIpc) is 2.75. The Morgan fingerprint density at radius 1 is 0.893 bits per heavy atom. The van der Waals surface area contributed by atoms with Crippen molar-refractivity contribution in [2.45, 2.75) is 70.5 Å². The van der Waals surface area contributed by atoms with E-state index in [0.29, 0.717) is 0 Å². The van der Waals surface area contributed by atoms with Gasteiger partial charge in [0.2, 0.25) is 0 Å². The Morgan fingerprint density at radius 3 is 1.86 bits per heavy atom. The van der Waals surface area contributed by atoms with Gasteiger partial charge in [0.05, 0.1) is 11.4 Å². The zero-order valence-corrected chi connectivity index (χ0v) is 17.4. The molecular formula is C24H31N3O. The van der Waals surface area contributed by atoms with Gasteiger partial charge in [0.1, 0.15) is 0 Å². The minimum absolute atomic E-state index is 0.00566. The number of piperidine rings is 1. The first-order valence-corrected chi connectivity index (χ1v) is 10.3. The van der Waals surface area contributed by atoms with E-state index in [0.717, 1.165) is 37.1 Å². The van der Waals surface area contributed by atoms with E-state index < -0.39 is 0 Å². The number of hydrogen-bond donors (Lipinski definition) is 2. The molecule has 0 bridgehead atoms. The van der Waals surface area contributed by atoms with Gasteiger partial charge in [-0.15, -0.1) is 0 Å². The van der Waals surface area contributed by atoms with Gasteiger partial charge in [0, 0.05) is 17.1 Å². The lowest BCUT2D eigenvalue weighted by Gasteiger charge is -2.47. The third-order valence-corrected chi connectivity index (χ3v) is 5.85. The van der Waals surface area contributed by atoms with Gasteiger partial charge in [-0.2, -0.15) is 0 Å². The molecule has 148 valence electrons. The second-order valence-corrected chi connectivity index (χ2v) is 9.54. The van der Waals surface area contributed by atoms with E-state index in [9.17, 15) is 4.79 Å². The topological polar surface area (TPSA) is 44.4 Å². The van der Waals surface area contributed by atoms with Gasteiger partial charge < -0.3 is 10.6 Å². The highest BCUT2D eigenvalue weighted by molar-refractivity contribution is 6.01. The number of nitrogens with zero attached hydrogens (tertiary/aromatic N) is 1. The number of carbonyl (C=O) groups excluding carboxylic acids is 1. The first kappa shape index (κ1) is 19.0. The van der Waals surface area contributed by atoms with Crippen molar-refractivity contribution in [2.24, 2.45) is 0 Å². The summed E-state index contributed by atoms with van der Waals surface area (Å²) in [6, 6.07) is 16.7. The van der Waals surface area contributed by atoms with Crippen molar-refractivity contribution in [1.82, 2.24) is 10.6 Å². The predicted molar refractivity (Wildman–Crippen MR) is 115 cm³/mol. The fourth-order valence-corrected chi connectivity index (χ4v) is 5.16. The maximum absolute atomic E-state index is 13.6. The Morgan fingerprint density at radius 2 is 1.36 bits per heavy atom. The van der Waals surface area contributed by atoms with Crippen molar-refractivity contribution in [3.05, 3.63) is 59.7 Å². The molecule has 2 aromatic rings. The van der Waals surface area contributed by atoms with Crippen molar-refractivity contribution in [2.75, 3.05) is 4.90 Å². The van der Waals surface area contributed by atoms with E-state index in [2.05, 4.69) is 74.7 Å². The zero-order chi connectivity index (χ0) is 19.9. The largest absolute Gasteiger partial charge is 0.335 e. The second kappa shape index (κ2) is 6.93. The van der Waals surface area contributed by atoms with E-state index in [1.807, 2.05) is 17.0 Å². The monoisotopic (exact) mass is 377 g/mol. The lowest BCUT2D eigenvalue weighted by molar-refractivity contribution is 0.149. The van der Waals surface area contributed by atoms with E-state index >= 15 is 0 Å². The van der Waals surface area contributed by atoms with Crippen molar-refractivity contribution in [3.8, 4) is 0 Å². The molecule has 0 saturated carbocycles. The second-order valence-electron chi connectivity index (χ2n) is 9.54. The lowest BCUT2D eigenvalue weighted by atomic mass is 9.79. The smallest absolute Gasteiger partial charge is 0.326 e. The molecule has 0 atom stereocenters. The van der Waals surface area contributed by atoms with E-state index in [-0.39, 0.29) is 23.2 Å². The minimum atomic E-state index is -0.0275. The van der Waals surface area contributed by atoms with Gasteiger partial charge in [-0.05, 0) is 76.6 Å². The summed E-state index contributed by atoms with van der Waals surface area (Å²) in [6.07, 6.45) is 3.73. The van der Waals surface area contributed by atoms with Crippen molar-refractivity contribution in [1.29, 1.82) is 0 Å². The molecule has 4 rings (SSSR count). The van der Waals surface area contributed by atoms with Gasteiger partial charge in [0.25, 0.3) is 0 Å². The number of fused-ring (bicyclic) bond motifs is 2. The van der Waals surface area contributed by atoms with E-state index in [4.69, 9.17) is 0 Å². The molecule has 0 aliphatic carbocycles. The van der Waals surface area contributed by atoms with Crippen LogP contribution in [-0.4, -0.2) is 23.2 Å². The van der Waals surface area contributed by atoms with Crippen LogP contribution in [0, 0.1) is 0 Å². The van der Waals surface area contributed by atoms with Crippen LogP contribution in [0.2, 0.25) is 0 Å². The van der Waals surface area contributed by atoms with Crippen LogP contribution in [0.1, 0.15) is 51.7 Å². The minimum Gasteiger partial charge on any atom is -0.335 e. The Balaban J connectivity index is 1.67. The third-order valence-electron chi connectivity index (χ3n) is 5.85. The van der Waals surface area contributed by atoms with Crippen LogP contribution >= 0.6 is 0 Å². The summed E-state index contributed by atoms with van der Waals surface area (Å²) in [6.45, 7) is 8.85. The zero-order valence-electron chi connectivity index (χ0n) is 17.4. The van der Waals surface area contributed by atoms with Crippen LogP contribution in [0.25, 0.3) is 0 Å². The highest BCUT2D eigenvalue weighted by Crippen LogP contribution is 2.36. The number of nitrogens with one attached hydrogen (secondary N) is 2.